The maximum absolute atomic E-state index is 12.9. The second kappa shape index (κ2) is 9.12. The maximum atomic E-state index is 12.9. The van der Waals surface area contributed by atoms with Crippen LogP contribution < -0.4 is 21.3 Å². The number of nitrogens with zero attached hydrogens (tertiary/aromatic N) is 4. The summed E-state index contributed by atoms with van der Waals surface area (Å²) in [4.78, 5) is 46.8. The van der Waals surface area contributed by atoms with Crippen molar-refractivity contribution in [2.24, 2.45) is 14.1 Å². The number of hydrogen-bond donors (Lipinski definition) is 1. The quantitative estimate of drug-likeness (QED) is 0.325. The van der Waals surface area contributed by atoms with Crippen LogP contribution in [-0.4, -0.2) is 37.9 Å². The van der Waals surface area contributed by atoms with Crippen LogP contribution in [0.5, 0.6) is 5.75 Å². The number of aromatic nitrogens is 4. The van der Waals surface area contributed by atoms with Crippen molar-refractivity contribution in [3.63, 3.8) is 0 Å². The smallest absolute Gasteiger partial charge is 0.332 e. The van der Waals surface area contributed by atoms with Gasteiger partial charge in [0, 0.05) is 19.1 Å². The van der Waals surface area contributed by atoms with Crippen molar-refractivity contribution in [3.05, 3.63) is 62.5 Å². The Morgan fingerprint density at radius 3 is 2.70 bits per heavy atom. The number of halogens is 1. The van der Waals surface area contributed by atoms with Crippen LogP contribution in [0.3, 0.4) is 0 Å². The lowest BCUT2D eigenvalue weighted by atomic mass is 10.3. The molecule has 4 aromatic rings. The van der Waals surface area contributed by atoms with E-state index in [2.05, 4.69) is 15.3 Å². The molecule has 1 aromatic carbocycles. The van der Waals surface area contributed by atoms with Crippen molar-refractivity contribution < 1.29 is 13.9 Å². The summed E-state index contributed by atoms with van der Waals surface area (Å²) < 4.78 is 12.8. The van der Waals surface area contributed by atoms with Gasteiger partial charge in [-0.25, -0.2) is 14.8 Å². The first-order chi connectivity index (χ1) is 15.8. The number of furan rings is 1. The first kappa shape index (κ1) is 22.6. The van der Waals surface area contributed by atoms with Gasteiger partial charge in [-0.1, -0.05) is 23.4 Å². The SMILES string of the molecule is COc1ccc(Cl)cc1NC(=O)CSc1nc(-c2ccco2)nc2c1c(=O)n(C)c(=O)n2C. The van der Waals surface area contributed by atoms with Crippen LogP contribution in [0, 0.1) is 0 Å². The number of benzene rings is 1. The van der Waals surface area contributed by atoms with E-state index in [0.29, 0.717) is 22.2 Å². The standard InChI is InChI=1S/C21H18ClN5O5S/c1-26-18-16(20(29)27(2)21(26)30)19(25-17(24-18)14-5-4-8-32-14)33-10-15(28)23-12-9-11(22)6-7-13(12)31-3/h4-9H,10H2,1-3H3,(H,23,28). The topological polar surface area (TPSA) is 121 Å². The molecule has 0 saturated heterocycles. The van der Waals surface area contributed by atoms with Crippen molar-refractivity contribution in [3.8, 4) is 17.3 Å². The molecule has 0 bridgehead atoms. The average Bonchev–Trinajstić information content (AvgIpc) is 3.34. The molecule has 12 heteroatoms. The molecule has 3 aromatic heterocycles. The van der Waals surface area contributed by atoms with Gasteiger partial charge in [-0.15, -0.1) is 0 Å². The summed E-state index contributed by atoms with van der Waals surface area (Å²) >= 11 is 7.06. The summed E-state index contributed by atoms with van der Waals surface area (Å²) in [5, 5.41) is 3.56. The summed E-state index contributed by atoms with van der Waals surface area (Å²) in [6.07, 6.45) is 1.46. The minimum Gasteiger partial charge on any atom is -0.495 e. The molecular formula is C21H18ClN5O5S. The molecule has 33 heavy (non-hydrogen) atoms. The molecule has 0 spiro atoms. The molecule has 0 unspecified atom stereocenters. The predicted octanol–water partition coefficient (Wildman–Crippen LogP) is 2.68. The molecular weight excluding hydrogens is 470 g/mol. The van der Waals surface area contributed by atoms with Crippen LogP contribution in [0.25, 0.3) is 22.6 Å². The van der Waals surface area contributed by atoms with E-state index < -0.39 is 11.2 Å². The molecule has 0 radical (unpaired) electrons. The second-order valence-corrected chi connectivity index (χ2v) is 8.32. The number of rotatable bonds is 6. The lowest BCUT2D eigenvalue weighted by molar-refractivity contribution is -0.113. The van der Waals surface area contributed by atoms with E-state index in [9.17, 15) is 14.4 Å². The van der Waals surface area contributed by atoms with Crippen LogP contribution in [0.4, 0.5) is 5.69 Å². The number of anilines is 1. The van der Waals surface area contributed by atoms with Crippen molar-refractivity contribution in [2.45, 2.75) is 5.03 Å². The molecule has 1 amide bonds. The maximum Gasteiger partial charge on any atom is 0.332 e. The zero-order valence-corrected chi connectivity index (χ0v) is 19.4. The Hall–Kier alpha value is -3.57. The number of nitrogens with one attached hydrogen (secondary N) is 1. The van der Waals surface area contributed by atoms with Crippen LogP contribution in [0.1, 0.15) is 0 Å². The summed E-state index contributed by atoms with van der Waals surface area (Å²) in [5.41, 5.74) is -0.529. The second-order valence-electron chi connectivity index (χ2n) is 6.92. The molecule has 0 aliphatic rings. The molecule has 0 aliphatic carbocycles. The molecule has 4 rings (SSSR count). The minimum absolute atomic E-state index is 0.0780. The fourth-order valence-corrected chi connectivity index (χ4v) is 4.13. The Labute approximate surface area is 196 Å². The van der Waals surface area contributed by atoms with Crippen molar-refractivity contribution in [1.82, 2.24) is 19.1 Å². The highest BCUT2D eigenvalue weighted by molar-refractivity contribution is 8.00. The number of aryl methyl sites for hydroxylation is 1. The van der Waals surface area contributed by atoms with Crippen molar-refractivity contribution in [2.75, 3.05) is 18.2 Å². The zero-order valence-electron chi connectivity index (χ0n) is 17.8. The predicted molar refractivity (Wildman–Crippen MR) is 125 cm³/mol. The van der Waals surface area contributed by atoms with Crippen LogP contribution in [-0.2, 0) is 18.9 Å². The van der Waals surface area contributed by atoms with Crippen LogP contribution in [0.15, 0.2) is 55.6 Å². The molecule has 0 aliphatic heterocycles. The lowest BCUT2D eigenvalue weighted by Crippen LogP contribution is -2.37. The molecule has 10 nitrogen and oxygen atoms in total. The van der Waals surface area contributed by atoms with E-state index in [4.69, 9.17) is 20.8 Å². The van der Waals surface area contributed by atoms with Crippen LogP contribution in [0.2, 0.25) is 5.02 Å². The molecule has 0 atom stereocenters. The number of carbonyl (C=O) groups is 1. The summed E-state index contributed by atoms with van der Waals surface area (Å²) in [6.45, 7) is 0. The van der Waals surface area contributed by atoms with Gasteiger partial charge in [0.1, 0.15) is 16.2 Å². The monoisotopic (exact) mass is 487 g/mol. The van der Waals surface area contributed by atoms with E-state index in [1.54, 1.807) is 30.3 Å². The van der Waals surface area contributed by atoms with Gasteiger partial charge in [0.25, 0.3) is 5.56 Å². The summed E-state index contributed by atoms with van der Waals surface area (Å²) in [5.74, 6) is 0.559. The number of ether oxygens (including phenoxy) is 1. The van der Waals surface area contributed by atoms with Gasteiger partial charge in [-0.3, -0.25) is 18.7 Å². The number of carbonyl (C=O) groups excluding carboxylic acids is 1. The number of hydrogen-bond acceptors (Lipinski definition) is 8. The Morgan fingerprint density at radius 1 is 1.21 bits per heavy atom. The number of fused-ring (bicyclic) bond motifs is 1. The van der Waals surface area contributed by atoms with Gasteiger partial charge in [-0.05, 0) is 30.3 Å². The fraction of sp³-hybridized carbons (Fsp3) is 0.190. The van der Waals surface area contributed by atoms with Crippen LogP contribution >= 0.6 is 23.4 Å². The van der Waals surface area contributed by atoms with E-state index >= 15 is 0 Å². The molecule has 0 saturated carbocycles. The van der Waals surface area contributed by atoms with E-state index in [-0.39, 0.29) is 33.5 Å². The highest BCUT2D eigenvalue weighted by Gasteiger charge is 2.20. The van der Waals surface area contributed by atoms with Gasteiger partial charge >= 0.3 is 5.69 Å². The Kier molecular flexibility index (Phi) is 6.25. The molecule has 0 fully saturated rings. The third-order valence-corrected chi connectivity index (χ3v) is 5.99. The van der Waals surface area contributed by atoms with Gasteiger partial charge < -0.3 is 14.5 Å². The normalized spacial score (nSPS) is 11.0. The largest absolute Gasteiger partial charge is 0.495 e. The third-order valence-electron chi connectivity index (χ3n) is 4.78. The first-order valence-corrected chi connectivity index (χ1v) is 10.9. The fourth-order valence-electron chi connectivity index (χ4n) is 3.15. The minimum atomic E-state index is -0.557. The highest BCUT2D eigenvalue weighted by Crippen LogP contribution is 2.29. The number of methoxy groups -OCH3 is 1. The van der Waals surface area contributed by atoms with E-state index in [1.165, 1.54) is 32.0 Å². The molecule has 170 valence electrons. The van der Waals surface area contributed by atoms with Crippen molar-refractivity contribution >= 4 is 46.0 Å². The summed E-state index contributed by atoms with van der Waals surface area (Å²) in [7, 11) is 4.36. The summed E-state index contributed by atoms with van der Waals surface area (Å²) in [6, 6.07) is 8.19. The molecule has 3 heterocycles. The molecule has 1 N–H and O–H groups in total. The number of thioether (sulfide) groups is 1. The lowest BCUT2D eigenvalue weighted by Gasteiger charge is -2.12. The van der Waals surface area contributed by atoms with Gasteiger partial charge in [0.05, 0.1) is 24.8 Å². The first-order valence-electron chi connectivity index (χ1n) is 9.58. The van der Waals surface area contributed by atoms with Crippen molar-refractivity contribution in [1.29, 1.82) is 0 Å². The average molecular weight is 488 g/mol. The third kappa shape index (κ3) is 4.37. The van der Waals surface area contributed by atoms with E-state index in [0.717, 1.165) is 16.3 Å². The van der Waals surface area contributed by atoms with Gasteiger partial charge in [0.2, 0.25) is 5.91 Å². The van der Waals surface area contributed by atoms with Gasteiger partial charge in [0.15, 0.2) is 17.2 Å². The Balaban J connectivity index is 1.72. The van der Waals surface area contributed by atoms with Gasteiger partial charge in [-0.2, -0.15) is 0 Å². The Bertz CT molecular complexity index is 1480. The number of amides is 1. The highest BCUT2D eigenvalue weighted by atomic mass is 35.5. The zero-order chi connectivity index (χ0) is 23.7. The van der Waals surface area contributed by atoms with E-state index in [1.807, 2.05) is 0 Å². The Morgan fingerprint density at radius 2 is 2.00 bits per heavy atom.